The zero-order valence-electron chi connectivity index (χ0n) is 16.0. The smallest absolute Gasteiger partial charge is 0.391 e. The quantitative estimate of drug-likeness (QED) is 0.394. The van der Waals surface area contributed by atoms with Gasteiger partial charge in [0.25, 0.3) is 0 Å². The number of alkyl halides is 3. The second-order valence-corrected chi connectivity index (χ2v) is 10.3. The first-order chi connectivity index (χ1) is 13.7. The number of amides is 1. The monoisotopic (exact) mass is 545 g/mol. The normalized spacial score (nSPS) is 23.6. The molecule has 0 bridgehead atoms. The minimum absolute atomic E-state index is 0.0352. The molecule has 1 aromatic rings. The Morgan fingerprint density at radius 2 is 1.79 bits per heavy atom. The standard InChI is InChI=1S/C19H23F3INO4S/c1-27-18(26)16-14(10-15(23)29-16)24(13-6-8-28-9-7-13)17(25)11-2-4-12(5-3-11)19(20,21)22/h10-13H,2-9H2,1H3. The molecule has 10 heteroatoms. The second kappa shape index (κ2) is 9.51. The second-order valence-electron chi connectivity index (χ2n) is 7.40. The summed E-state index contributed by atoms with van der Waals surface area (Å²) in [7, 11) is 1.29. The zero-order valence-corrected chi connectivity index (χ0v) is 18.9. The first-order valence-corrected chi connectivity index (χ1v) is 11.5. The van der Waals surface area contributed by atoms with Crippen molar-refractivity contribution in [2.75, 3.05) is 25.2 Å². The number of esters is 1. The minimum Gasteiger partial charge on any atom is -0.465 e. The van der Waals surface area contributed by atoms with Crippen LogP contribution in [0.15, 0.2) is 6.07 Å². The van der Waals surface area contributed by atoms with Crippen LogP contribution < -0.4 is 4.90 Å². The molecule has 1 amide bonds. The van der Waals surface area contributed by atoms with E-state index in [9.17, 15) is 22.8 Å². The number of anilines is 1. The number of nitrogens with zero attached hydrogens (tertiary/aromatic N) is 1. The van der Waals surface area contributed by atoms with Gasteiger partial charge < -0.3 is 14.4 Å². The van der Waals surface area contributed by atoms with Crippen LogP contribution in [0, 0.1) is 14.7 Å². The van der Waals surface area contributed by atoms with E-state index in [1.165, 1.54) is 18.4 Å². The summed E-state index contributed by atoms with van der Waals surface area (Å²) >= 11 is 3.34. The molecule has 1 aliphatic heterocycles. The van der Waals surface area contributed by atoms with E-state index >= 15 is 0 Å². The summed E-state index contributed by atoms with van der Waals surface area (Å²) in [4.78, 5) is 27.8. The summed E-state index contributed by atoms with van der Waals surface area (Å²) in [6.07, 6.45) is -2.63. The fraction of sp³-hybridized carbons (Fsp3) is 0.684. The van der Waals surface area contributed by atoms with Crippen LogP contribution in [0.3, 0.4) is 0 Å². The van der Waals surface area contributed by atoms with Gasteiger partial charge in [0, 0.05) is 25.2 Å². The molecule has 0 radical (unpaired) electrons. The first kappa shape index (κ1) is 22.8. The maximum Gasteiger partial charge on any atom is 0.391 e. The van der Waals surface area contributed by atoms with Crippen molar-refractivity contribution in [3.05, 3.63) is 13.8 Å². The molecular weight excluding hydrogens is 522 g/mol. The van der Waals surface area contributed by atoms with Crippen LogP contribution in [-0.4, -0.2) is 44.4 Å². The molecule has 3 rings (SSSR count). The van der Waals surface area contributed by atoms with Crippen molar-refractivity contribution >= 4 is 51.5 Å². The van der Waals surface area contributed by atoms with Crippen molar-refractivity contribution in [2.45, 2.75) is 50.7 Å². The molecule has 1 aliphatic carbocycles. The summed E-state index contributed by atoms with van der Waals surface area (Å²) in [6.45, 7) is 1.01. The number of ether oxygens (including phenoxy) is 2. The average molecular weight is 545 g/mol. The first-order valence-electron chi connectivity index (χ1n) is 9.57. The van der Waals surface area contributed by atoms with E-state index < -0.39 is 24.0 Å². The Bertz CT molecular complexity index is 740. The Balaban J connectivity index is 1.87. The molecule has 1 saturated heterocycles. The van der Waals surface area contributed by atoms with Crippen LogP contribution in [0.5, 0.6) is 0 Å². The molecule has 2 aliphatic rings. The topological polar surface area (TPSA) is 55.8 Å². The van der Waals surface area contributed by atoms with Gasteiger partial charge in [-0.25, -0.2) is 4.79 Å². The van der Waals surface area contributed by atoms with Gasteiger partial charge in [-0.1, -0.05) is 0 Å². The molecule has 1 saturated carbocycles. The lowest BCUT2D eigenvalue weighted by atomic mass is 9.80. The highest BCUT2D eigenvalue weighted by Gasteiger charge is 2.44. The SMILES string of the molecule is COC(=O)c1sc(I)cc1N(C(=O)C1CCC(C(F)(F)F)CC1)C1CCOCC1. The third-order valence-corrected chi connectivity index (χ3v) is 7.51. The van der Waals surface area contributed by atoms with E-state index in [-0.39, 0.29) is 37.6 Å². The highest BCUT2D eigenvalue weighted by atomic mass is 127. The Kier molecular flexibility index (Phi) is 7.47. The van der Waals surface area contributed by atoms with Gasteiger partial charge in [-0.3, -0.25) is 4.79 Å². The molecule has 0 aromatic carbocycles. The lowest BCUT2D eigenvalue weighted by molar-refractivity contribution is -0.184. The van der Waals surface area contributed by atoms with Crippen molar-refractivity contribution in [3.63, 3.8) is 0 Å². The van der Waals surface area contributed by atoms with E-state index in [4.69, 9.17) is 9.47 Å². The Labute approximate surface area is 185 Å². The van der Waals surface area contributed by atoms with Crippen molar-refractivity contribution in [1.82, 2.24) is 0 Å². The van der Waals surface area contributed by atoms with Gasteiger partial charge >= 0.3 is 12.1 Å². The molecule has 0 spiro atoms. The summed E-state index contributed by atoms with van der Waals surface area (Å²) < 4.78 is 50.2. The van der Waals surface area contributed by atoms with Gasteiger partial charge in [-0.15, -0.1) is 11.3 Å². The molecule has 0 unspecified atom stereocenters. The maximum atomic E-state index is 13.5. The number of carbonyl (C=O) groups excluding carboxylic acids is 2. The molecule has 2 fully saturated rings. The Hall–Kier alpha value is -0.880. The highest BCUT2D eigenvalue weighted by Crippen LogP contribution is 2.42. The van der Waals surface area contributed by atoms with Gasteiger partial charge in [0.15, 0.2) is 0 Å². The number of methoxy groups -OCH3 is 1. The minimum atomic E-state index is -4.21. The summed E-state index contributed by atoms with van der Waals surface area (Å²) in [5, 5.41) is 0. The van der Waals surface area contributed by atoms with Crippen molar-refractivity contribution in [3.8, 4) is 0 Å². The van der Waals surface area contributed by atoms with Gasteiger partial charge in [0.2, 0.25) is 5.91 Å². The number of halogens is 4. The van der Waals surface area contributed by atoms with E-state index in [1.54, 1.807) is 11.0 Å². The maximum absolute atomic E-state index is 13.5. The highest BCUT2D eigenvalue weighted by molar-refractivity contribution is 14.1. The molecule has 2 heterocycles. The molecule has 5 nitrogen and oxygen atoms in total. The number of hydrogen-bond donors (Lipinski definition) is 0. The number of rotatable bonds is 4. The predicted octanol–water partition coefficient (Wildman–Crippen LogP) is 5.02. The fourth-order valence-corrected chi connectivity index (χ4v) is 5.82. The zero-order chi connectivity index (χ0) is 21.2. The van der Waals surface area contributed by atoms with Gasteiger partial charge in [-0.05, 0) is 67.2 Å². The van der Waals surface area contributed by atoms with Crippen LogP contribution in [0.4, 0.5) is 18.9 Å². The molecule has 29 heavy (non-hydrogen) atoms. The lowest BCUT2D eigenvalue weighted by Crippen LogP contribution is -2.47. The summed E-state index contributed by atoms with van der Waals surface area (Å²) in [5.41, 5.74) is 0.501. The van der Waals surface area contributed by atoms with Gasteiger partial charge in [0.1, 0.15) is 4.88 Å². The van der Waals surface area contributed by atoms with Crippen LogP contribution in [0.1, 0.15) is 48.2 Å². The predicted molar refractivity (Wildman–Crippen MR) is 111 cm³/mol. The molecule has 1 aromatic heterocycles. The number of carbonyl (C=O) groups is 2. The molecule has 0 N–H and O–H groups in total. The van der Waals surface area contributed by atoms with E-state index in [1.807, 2.05) is 0 Å². The van der Waals surface area contributed by atoms with Crippen molar-refractivity contribution in [1.29, 1.82) is 0 Å². The molecule has 162 valence electrons. The molecular formula is C19H23F3INO4S. The van der Waals surface area contributed by atoms with Crippen molar-refractivity contribution in [2.24, 2.45) is 11.8 Å². The fourth-order valence-electron chi connectivity index (χ4n) is 4.07. The van der Waals surface area contributed by atoms with Crippen LogP contribution in [-0.2, 0) is 14.3 Å². The Morgan fingerprint density at radius 3 is 2.34 bits per heavy atom. The van der Waals surface area contributed by atoms with Gasteiger partial charge in [0.05, 0.1) is 21.6 Å². The van der Waals surface area contributed by atoms with Crippen LogP contribution in [0.25, 0.3) is 0 Å². The van der Waals surface area contributed by atoms with Crippen LogP contribution >= 0.6 is 33.9 Å². The van der Waals surface area contributed by atoms with E-state index in [0.717, 1.165) is 2.88 Å². The lowest BCUT2D eigenvalue weighted by Gasteiger charge is -2.38. The van der Waals surface area contributed by atoms with E-state index in [2.05, 4.69) is 22.6 Å². The van der Waals surface area contributed by atoms with E-state index in [0.29, 0.717) is 36.6 Å². The summed E-state index contributed by atoms with van der Waals surface area (Å²) in [6, 6.07) is 1.64. The average Bonchev–Trinajstić information content (AvgIpc) is 3.09. The largest absolute Gasteiger partial charge is 0.465 e. The Morgan fingerprint density at radius 1 is 1.17 bits per heavy atom. The third-order valence-electron chi connectivity index (χ3n) is 5.65. The van der Waals surface area contributed by atoms with Crippen molar-refractivity contribution < 1.29 is 32.2 Å². The number of thiophene rings is 1. The van der Waals surface area contributed by atoms with Gasteiger partial charge in [-0.2, -0.15) is 13.2 Å². The third kappa shape index (κ3) is 5.25. The van der Waals surface area contributed by atoms with Crippen LogP contribution in [0.2, 0.25) is 0 Å². The molecule has 0 atom stereocenters. The summed E-state index contributed by atoms with van der Waals surface area (Å²) in [5.74, 6) is -2.52. The number of hydrogen-bond acceptors (Lipinski definition) is 5.